The Morgan fingerprint density at radius 2 is 1.25 bits per heavy atom. The molecule has 1 aromatic rings. The summed E-state index contributed by atoms with van der Waals surface area (Å²) >= 11 is 0. The maximum Gasteiger partial charge on any atom is 0.320 e. The van der Waals surface area contributed by atoms with Gasteiger partial charge in [0.15, 0.2) is 0 Å². The lowest BCUT2D eigenvalue weighted by molar-refractivity contribution is 0.349. The first-order valence-electron chi connectivity index (χ1n) is 8.01. The molecule has 0 radical (unpaired) electrons. The maximum atomic E-state index is 3.91. The zero-order valence-electron chi connectivity index (χ0n) is 13.8. The lowest BCUT2D eigenvalue weighted by Crippen LogP contribution is -2.80. The van der Waals surface area contributed by atoms with Gasteiger partial charge in [-0.15, -0.1) is 0 Å². The summed E-state index contributed by atoms with van der Waals surface area (Å²) in [5, 5.41) is 1.47. The van der Waals surface area contributed by atoms with Crippen LogP contribution in [-0.2, 0) is 0 Å². The summed E-state index contributed by atoms with van der Waals surface area (Å²) < 4.78 is 5.30. The van der Waals surface area contributed by atoms with E-state index < -0.39 is 8.56 Å². The van der Waals surface area contributed by atoms with Crippen molar-refractivity contribution in [3.8, 4) is 0 Å². The molecule has 0 heterocycles. The fourth-order valence-electron chi connectivity index (χ4n) is 3.17. The van der Waals surface area contributed by atoms with E-state index in [4.69, 9.17) is 0 Å². The molecule has 114 valence electrons. The van der Waals surface area contributed by atoms with Crippen molar-refractivity contribution < 1.29 is 0 Å². The number of benzene rings is 1. The lowest BCUT2D eigenvalue weighted by atomic mass is 10.4. The minimum atomic E-state index is -2.01. The Hall–Kier alpha value is -0.683. The van der Waals surface area contributed by atoms with E-state index in [1.807, 2.05) is 0 Å². The normalized spacial score (nSPS) is 12.3. The van der Waals surface area contributed by atoms with Gasteiger partial charge in [0.05, 0.1) is 0 Å². The lowest BCUT2D eigenvalue weighted by Gasteiger charge is -2.48. The second-order valence-electron chi connectivity index (χ2n) is 4.91. The van der Waals surface area contributed by atoms with Gasteiger partial charge in [-0.2, -0.15) is 0 Å². The number of hydrogen-bond donors (Lipinski definition) is 1. The first kappa shape index (κ1) is 17.4. The molecule has 3 nitrogen and oxygen atoms in total. The molecule has 0 fully saturated rings. The summed E-state index contributed by atoms with van der Waals surface area (Å²) in [6.45, 7) is 16.7. The maximum absolute atomic E-state index is 3.91. The van der Waals surface area contributed by atoms with Crippen LogP contribution in [0.5, 0.6) is 0 Å². The van der Waals surface area contributed by atoms with E-state index in [2.05, 4.69) is 79.1 Å². The molecule has 20 heavy (non-hydrogen) atoms. The minimum absolute atomic E-state index is 1.01. The molecule has 0 atom stereocenters. The molecule has 0 aliphatic rings. The van der Waals surface area contributed by atoms with E-state index in [-0.39, 0.29) is 0 Å². The number of nitrogens with one attached hydrogen (secondary N) is 1. The molecule has 0 aliphatic carbocycles. The molecule has 0 saturated heterocycles. The van der Waals surface area contributed by atoms with Gasteiger partial charge < -0.3 is 4.98 Å². The van der Waals surface area contributed by atoms with Crippen LogP contribution in [0.3, 0.4) is 0 Å². The van der Waals surface area contributed by atoms with E-state index in [0.717, 1.165) is 32.7 Å². The van der Waals surface area contributed by atoms with Crippen LogP contribution >= 0.6 is 0 Å². The van der Waals surface area contributed by atoms with Gasteiger partial charge in [-0.3, -0.25) is 9.13 Å². The van der Waals surface area contributed by atoms with Gasteiger partial charge in [-0.1, -0.05) is 65.0 Å². The standard InChI is InChI=1S/C16H31N3Si/c1-6-17-20(18(7-2)8-3,19(9-4)10-5)16-14-12-11-13-15-16/h11-15,17H,6-10H2,1-5H3. The summed E-state index contributed by atoms with van der Waals surface area (Å²) in [4.78, 5) is 3.91. The molecule has 0 spiro atoms. The van der Waals surface area contributed by atoms with Crippen LogP contribution in [-0.4, -0.2) is 50.4 Å². The highest BCUT2D eigenvalue weighted by Crippen LogP contribution is 2.13. The Bertz CT molecular complexity index is 349. The molecule has 0 saturated carbocycles. The molecule has 0 amide bonds. The van der Waals surface area contributed by atoms with Crippen molar-refractivity contribution in [3.05, 3.63) is 30.3 Å². The SMILES string of the molecule is CCN[Si](c1ccccc1)(N(CC)CC)N(CC)CC. The largest absolute Gasteiger partial charge is 0.320 e. The molecule has 0 bridgehead atoms. The molecule has 1 aromatic carbocycles. The van der Waals surface area contributed by atoms with Gasteiger partial charge in [-0.05, 0) is 37.9 Å². The van der Waals surface area contributed by atoms with E-state index in [1.54, 1.807) is 0 Å². The predicted octanol–water partition coefficient (Wildman–Crippen LogP) is 2.13. The molecule has 1 rings (SSSR count). The molecular formula is C16H31N3Si. The highest BCUT2D eigenvalue weighted by atomic mass is 28.4. The molecule has 0 aromatic heterocycles. The van der Waals surface area contributed by atoms with Crippen LogP contribution in [0.4, 0.5) is 0 Å². The van der Waals surface area contributed by atoms with Gasteiger partial charge in [0.2, 0.25) is 0 Å². The van der Waals surface area contributed by atoms with Crippen molar-refractivity contribution in [2.24, 2.45) is 0 Å². The quantitative estimate of drug-likeness (QED) is 0.704. The van der Waals surface area contributed by atoms with Gasteiger partial charge in [0, 0.05) is 0 Å². The second-order valence-corrected chi connectivity index (χ2v) is 8.45. The number of hydrogen-bond acceptors (Lipinski definition) is 3. The molecule has 4 heteroatoms. The number of rotatable bonds is 9. The van der Waals surface area contributed by atoms with Crippen LogP contribution in [0.25, 0.3) is 0 Å². The Labute approximate surface area is 126 Å². The number of nitrogens with zero attached hydrogens (tertiary/aromatic N) is 2. The van der Waals surface area contributed by atoms with E-state index in [1.165, 1.54) is 5.19 Å². The van der Waals surface area contributed by atoms with E-state index in [9.17, 15) is 0 Å². The third-order valence-corrected chi connectivity index (χ3v) is 9.12. The van der Waals surface area contributed by atoms with Crippen LogP contribution in [0.1, 0.15) is 34.6 Å². The Balaban J connectivity index is 3.40. The van der Waals surface area contributed by atoms with Crippen molar-refractivity contribution in [2.45, 2.75) is 34.6 Å². The average Bonchev–Trinajstić information content (AvgIpc) is 2.50. The van der Waals surface area contributed by atoms with Crippen LogP contribution in [0.15, 0.2) is 30.3 Å². The molecule has 0 aliphatic heterocycles. The smallest absolute Gasteiger partial charge is 0.310 e. The van der Waals surface area contributed by atoms with Crippen LogP contribution < -0.4 is 10.2 Å². The fourth-order valence-corrected chi connectivity index (χ4v) is 7.93. The minimum Gasteiger partial charge on any atom is -0.310 e. The highest BCUT2D eigenvalue weighted by Gasteiger charge is 2.45. The van der Waals surface area contributed by atoms with Gasteiger partial charge in [0.25, 0.3) is 0 Å². The second kappa shape index (κ2) is 8.57. The van der Waals surface area contributed by atoms with Crippen molar-refractivity contribution in [1.82, 2.24) is 14.1 Å². The van der Waals surface area contributed by atoms with Gasteiger partial charge >= 0.3 is 8.56 Å². The van der Waals surface area contributed by atoms with Gasteiger partial charge in [-0.25, -0.2) is 0 Å². The van der Waals surface area contributed by atoms with E-state index in [0.29, 0.717) is 0 Å². The van der Waals surface area contributed by atoms with Crippen molar-refractivity contribution >= 4 is 13.7 Å². The van der Waals surface area contributed by atoms with Crippen molar-refractivity contribution in [2.75, 3.05) is 32.7 Å². The van der Waals surface area contributed by atoms with Crippen LogP contribution in [0.2, 0.25) is 0 Å². The average molecular weight is 294 g/mol. The Morgan fingerprint density at radius 3 is 1.60 bits per heavy atom. The first-order chi connectivity index (χ1) is 9.70. The van der Waals surface area contributed by atoms with Crippen molar-refractivity contribution in [3.63, 3.8) is 0 Å². The predicted molar refractivity (Wildman–Crippen MR) is 91.3 cm³/mol. The summed E-state index contributed by atoms with van der Waals surface area (Å²) in [5.41, 5.74) is 0. The molecule has 0 unspecified atom stereocenters. The zero-order valence-corrected chi connectivity index (χ0v) is 14.8. The Morgan fingerprint density at radius 1 is 0.800 bits per heavy atom. The summed E-state index contributed by atoms with van der Waals surface area (Å²) in [6.07, 6.45) is 0. The van der Waals surface area contributed by atoms with Gasteiger partial charge in [0.1, 0.15) is 0 Å². The summed E-state index contributed by atoms with van der Waals surface area (Å²) in [7, 11) is -2.01. The molecular weight excluding hydrogens is 262 g/mol. The summed E-state index contributed by atoms with van der Waals surface area (Å²) in [6, 6.07) is 11.0. The first-order valence-corrected chi connectivity index (χ1v) is 9.91. The fraction of sp³-hybridized carbons (Fsp3) is 0.625. The third kappa shape index (κ3) is 3.31. The van der Waals surface area contributed by atoms with Crippen LogP contribution in [0, 0.1) is 0 Å². The topological polar surface area (TPSA) is 18.5 Å². The summed E-state index contributed by atoms with van der Waals surface area (Å²) in [5.74, 6) is 0. The zero-order chi connectivity index (χ0) is 15.0. The highest BCUT2D eigenvalue weighted by molar-refractivity contribution is 6.85. The van der Waals surface area contributed by atoms with E-state index >= 15 is 0 Å². The Kier molecular flexibility index (Phi) is 7.44. The molecule has 1 N–H and O–H groups in total. The third-order valence-electron chi connectivity index (χ3n) is 4.04. The van der Waals surface area contributed by atoms with Crippen molar-refractivity contribution in [1.29, 1.82) is 0 Å². The monoisotopic (exact) mass is 293 g/mol.